The number of hydrogen-bond donors (Lipinski definition) is 1. The van der Waals surface area contributed by atoms with Crippen LogP contribution in [0, 0.1) is 0 Å². The quantitative estimate of drug-likeness (QED) is 0.900. The second kappa shape index (κ2) is 4.95. The van der Waals surface area contributed by atoms with Gasteiger partial charge in [0, 0.05) is 16.0 Å². The topological polar surface area (TPSA) is 24.9 Å². The maximum absolute atomic E-state index is 5.85. The van der Waals surface area contributed by atoms with Crippen LogP contribution in [0.15, 0.2) is 29.6 Å². The van der Waals surface area contributed by atoms with E-state index in [4.69, 9.17) is 11.6 Å². The SMILES string of the molecule is CNC(C)c1nc(-c2ccc(Cl)cc2)cs1. The fourth-order valence-electron chi connectivity index (χ4n) is 1.36. The van der Waals surface area contributed by atoms with E-state index in [0.717, 1.165) is 21.3 Å². The van der Waals surface area contributed by atoms with Crippen LogP contribution in [-0.4, -0.2) is 12.0 Å². The van der Waals surface area contributed by atoms with Crippen LogP contribution in [0.5, 0.6) is 0 Å². The van der Waals surface area contributed by atoms with Gasteiger partial charge in [0.15, 0.2) is 0 Å². The van der Waals surface area contributed by atoms with Crippen molar-refractivity contribution in [3.8, 4) is 11.3 Å². The highest BCUT2D eigenvalue weighted by atomic mass is 35.5. The van der Waals surface area contributed by atoms with Crippen molar-refractivity contribution in [2.45, 2.75) is 13.0 Å². The lowest BCUT2D eigenvalue weighted by Gasteiger charge is -2.04. The zero-order valence-corrected chi connectivity index (χ0v) is 10.8. The fourth-order valence-corrected chi connectivity index (χ4v) is 2.38. The first-order valence-electron chi connectivity index (χ1n) is 5.09. The molecule has 1 aromatic carbocycles. The molecular formula is C12H13ClN2S. The Kier molecular flexibility index (Phi) is 3.59. The maximum atomic E-state index is 5.85. The van der Waals surface area contributed by atoms with Gasteiger partial charge in [-0.1, -0.05) is 23.7 Å². The average Bonchev–Trinajstić information content (AvgIpc) is 2.78. The third-order valence-electron chi connectivity index (χ3n) is 2.47. The smallest absolute Gasteiger partial charge is 0.110 e. The van der Waals surface area contributed by atoms with Gasteiger partial charge in [-0.05, 0) is 26.1 Å². The minimum atomic E-state index is 0.297. The maximum Gasteiger partial charge on any atom is 0.110 e. The highest BCUT2D eigenvalue weighted by molar-refractivity contribution is 7.10. The van der Waals surface area contributed by atoms with Crippen LogP contribution in [0.1, 0.15) is 18.0 Å². The molecule has 0 amide bonds. The van der Waals surface area contributed by atoms with Crippen LogP contribution in [0.3, 0.4) is 0 Å². The zero-order valence-electron chi connectivity index (χ0n) is 9.20. The fraction of sp³-hybridized carbons (Fsp3) is 0.250. The number of rotatable bonds is 3. The van der Waals surface area contributed by atoms with Crippen LogP contribution in [0.4, 0.5) is 0 Å². The number of hydrogen-bond acceptors (Lipinski definition) is 3. The van der Waals surface area contributed by atoms with Gasteiger partial charge in [0.2, 0.25) is 0 Å². The lowest BCUT2D eigenvalue weighted by molar-refractivity contribution is 0.648. The molecule has 0 fully saturated rings. The van der Waals surface area contributed by atoms with Gasteiger partial charge in [0.05, 0.1) is 11.7 Å². The molecule has 84 valence electrons. The normalized spacial score (nSPS) is 12.7. The molecule has 0 bridgehead atoms. The van der Waals surface area contributed by atoms with Crippen LogP contribution in [-0.2, 0) is 0 Å². The molecule has 2 nitrogen and oxygen atoms in total. The lowest BCUT2D eigenvalue weighted by Crippen LogP contribution is -2.11. The third-order valence-corrected chi connectivity index (χ3v) is 3.74. The predicted octanol–water partition coefficient (Wildman–Crippen LogP) is 3.74. The van der Waals surface area contributed by atoms with Crippen molar-refractivity contribution in [1.29, 1.82) is 0 Å². The molecule has 0 radical (unpaired) electrons. The minimum absolute atomic E-state index is 0.297. The van der Waals surface area contributed by atoms with Crippen LogP contribution in [0.2, 0.25) is 5.02 Å². The molecule has 16 heavy (non-hydrogen) atoms. The van der Waals surface area contributed by atoms with Gasteiger partial charge in [0.25, 0.3) is 0 Å². The zero-order chi connectivity index (χ0) is 11.5. The number of benzene rings is 1. The molecule has 1 N–H and O–H groups in total. The summed E-state index contributed by atoms with van der Waals surface area (Å²) in [6.45, 7) is 2.10. The molecule has 1 atom stereocenters. The van der Waals surface area contributed by atoms with Crippen molar-refractivity contribution in [2.24, 2.45) is 0 Å². The molecule has 0 saturated heterocycles. The Morgan fingerprint density at radius 3 is 2.62 bits per heavy atom. The molecule has 0 aliphatic rings. The lowest BCUT2D eigenvalue weighted by atomic mass is 10.2. The minimum Gasteiger partial charge on any atom is -0.311 e. The summed E-state index contributed by atoms with van der Waals surface area (Å²) in [5.74, 6) is 0. The van der Waals surface area contributed by atoms with Gasteiger partial charge >= 0.3 is 0 Å². The predicted molar refractivity (Wildman–Crippen MR) is 70.0 cm³/mol. The summed E-state index contributed by atoms with van der Waals surface area (Å²) in [5, 5.41) is 7.11. The van der Waals surface area contributed by atoms with Gasteiger partial charge in [-0.2, -0.15) is 0 Å². The van der Waals surface area contributed by atoms with Gasteiger partial charge < -0.3 is 5.32 Å². The van der Waals surface area contributed by atoms with Crippen molar-refractivity contribution in [1.82, 2.24) is 10.3 Å². The number of halogens is 1. The summed E-state index contributed by atoms with van der Waals surface area (Å²) in [7, 11) is 1.94. The molecule has 0 spiro atoms. The summed E-state index contributed by atoms with van der Waals surface area (Å²) in [4.78, 5) is 4.59. The molecule has 2 aromatic rings. The van der Waals surface area contributed by atoms with E-state index in [0.29, 0.717) is 6.04 Å². The van der Waals surface area contributed by atoms with E-state index in [1.165, 1.54) is 0 Å². The monoisotopic (exact) mass is 252 g/mol. The summed E-state index contributed by atoms with van der Waals surface area (Å²) < 4.78 is 0. The Hall–Kier alpha value is -0.900. The molecule has 4 heteroatoms. The highest BCUT2D eigenvalue weighted by Gasteiger charge is 2.09. The molecular weight excluding hydrogens is 240 g/mol. The van der Waals surface area contributed by atoms with Gasteiger partial charge in [0.1, 0.15) is 5.01 Å². The van der Waals surface area contributed by atoms with Crippen molar-refractivity contribution in [3.05, 3.63) is 39.7 Å². The summed E-state index contributed by atoms with van der Waals surface area (Å²) in [6, 6.07) is 8.05. The number of nitrogens with one attached hydrogen (secondary N) is 1. The van der Waals surface area contributed by atoms with E-state index < -0.39 is 0 Å². The average molecular weight is 253 g/mol. The van der Waals surface area contributed by atoms with Gasteiger partial charge in [-0.25, -0.2) is 4.98 Å². The van der Waals surface area contributed by atoms with Crippen LogP contribution < -0.4 is 5.32 Å². The second-order valence-corrected chi connectivity index (χ2v) is 4.91. The molecule has 2 rings (SSSR count). The number of thiazole rings is 1. The Bertz CT molecular complexity index is 464. The van der Waals surface area contributed by atoms with E-state index in [1.807, 2.05) is 31.3 Å². The Balaban J connectivity index is 2.28. The standard InChI is InChI=1S/C12H13ClN2S/c1-8(14-2)12-15-11(7-16-12)9-3-5-10(13)6-4-9/h3-8,14H,1-2H3. The van der Waals surface area contributed by atoms with E-state index in [9.17, 15) is 0 Å². The molecule has 0 aliphatic carbocycles. The van der Waals surface area contributed by atoms with Crippen molar-refractivity contribution in [3.63, 3.8) is 0 Å². The first-order chi connectivity index (χ1) is 7.70. The summed E-state index contributed by atoms with van der Waals surface area (Å²) in [5.41, 5.74) is 2.12. The van der Waals surface area contributed by atoms with Crippen molar-refractivity contribution in [2.75, 3.05) is 7.05 Å². The van der Waals surface area contributed by atoms with E-state index in [-0.39, 0.29) is 0 Å². The number of aromatic nitrogens is 1. The third kappa shape index (κ3) is 2.43. The first kappa shape index (κ1) is 11.6. The van der Waals surface area contributed by atoms with E-state index >= 15 is 0 Å². The van der Waals surface area contributed by atoms with Crippen LogP contribution >= 0.6 is 22.9 Å². The first-order valence-corrected chi connectivity index (χ1v) is 6.35. The van der Waals surface area contributed by atoms with Gasteiger partial charge in [-0.15, -0.1) is 11.3 Å². The molecule has 1 heterocycles. The van der Waals surface area contributed by atoms with Crippen molar-refractivity contribution < 1.29 is 0 Å². The molecule has 0 aliphatic heterocycles. The van der Waals surface area contributed by atoms with Crippen molar-refractivity contribution >= 4 is 22.9 Å². The Morgan fingerprint density at radius 2 is 2.00 bits per heavy atom. The van der Waals surface area contributed by atoms with E-state index in [2.05, 4.69) is 22.6 Å². The van der Waals surface area contributed by atoms with Gasteiger partial charge in [-0.3, -0.25) is 0 Å². The highest BCUT2D eigenvalue weighted by Crippen LogP contribution is 2.26. The Labute approximate surface area is 104 Å². The Morgan fingerprint density at radius 1 is 1.31 bits per heavy atom. The molecule has 1 aromatic heterocycles. The molecule has 1 unspecified atom stereocenters. The largest absolute Gasteiger partial charge is 0.311 e. The molecule has 0 saturated carbocycles. The van der Waals surface area contributed by atoms with E-state index in [1.54, 1.807) is 11.3 Å². The van der Waals surface area contributed by atoms with Crippen LogP contribution in [0.25, 0.3) is 11.3 Å². The second-order valence-electron chi connectivity index (χ2n) is 3.59. The summed E-state index contributed by atoms with van der Waals surface area (Å²) >= 11 is 7.52. The number of nitrogens with zero attached hydrogens (tertiary/aromatic N) is 1. The summed E-state index contributed by atoms with van der Waals surface area (Å²) in [6.07, 6.45) is 0.